The zero-order valence-electron chi connectivity index (χ0n) is 12.1. The van der Waals surface area contributed by atoms with Crippen LogP contribution in [0.2, 0.25) is 0 Å². The summed E-state index contributed by atoms with van der Waals surface area (Å²) in [5, 5.41) is 22.8. The van der Waals surface area contributed by atoms with E-state index in [4.69, 9.17) is 5.11 Å². The number of aromatic nitrogens is 1. The number of carboxylic acids is 1. The summed E-state index contributed by atoms with van der Waals surface area (Å²) >= 11 is 3.42. The summed E-state index contributed by atoms with van der Waals surface area (Å²) < 4.78 is 0.910. The maximum atomic E-state index is 11.0. The number of aliphatic hydroxyl groups is 1. The van der Waals surface area contributed by atoms with Gasteiger partial charge >= 0.3 is 5.97 Å². The van der Waals surface area contributed by atoms with Crippen LogP contribution in [-0.4, -0.2) is 33.3 Å². The second-order valence-corrected chi connectivity index (χ2v) is 6.21. The molecule has 5 nitrogen and oxygen atoms in total. The Morgan fingerprint density at radius 1 is 1.43 bits per heavy atom. The van der Waals surface area contributed by atoms with Gasteiger partial charge < -0.3 is 15.5 Å². The average molecular weight is 353 g/mol. The van der Waals surface area contributed by atoms with E-state index in [0.29, 0.717) is 0 Å². The van der Waals surface area contributed by atoms with E-state index >= 15 is 0 Å². The molecule has 0 fully saturated rings. The molecule has 1 aromatic carbocycles. The second kappa shape index (κ2) is 5.61. The molecule has 1 unspecified atom stereocenters. The average Bonchev–Trinajstić information content (AvgIpc) is 2.40. The smallest absolute Gasteiger partial charge is 0.337 e. The zero-order valence-corrected chi connectivity index (χ0v) is 13.7. The predicted molar refractivity (Wildman–Crippen MR) is 85.7 cm³/mol. The highest BCUT2D eigenvalue weighted by atomic mass is 79.9. The van der Waals surface area contributed by atoms with Gasteiger partial charge in [0, 0.05) is 21.2 Å². The van der Waals surface area contributed by atoms with Crippen molar-refractivity contribution in [1.29, 1.82) is 0 Å². The van der Waals surface area contributed by atoms with Crippen molar-refractivity contribution in [2.45, 2.75) is 26.4 Å². The number of anilines is 1. The lowest BCUT2D eigenvalue weighted by Crippen LogP contribution is -2.42. The van der Waals surface area contributed by atoms with Crippen LogP contribution in [-0.2, 0) is 4.79 Å². The third-order valence-corrected chi connectivity index (χ3v) is 4.00. The van der Waals surface area contributed by atoms with Gasteiger partial charge in [-0.05, 0) is 44.5 Å². The molecule has 0 aliphatic heterocycles. The number of hydrogen-bond donors (Lipinski definition) is 3. The first-order valence-corrected chi connectivity index (χ1v) is 7.28. The Labute approximate surface area is 131 Å². The SMILES string of the molecule is Cc1nc2ccc(Br)cc2c(NCC(C)(O)C(=O)O)c1C. The van der Waals surface area contributed by atoms with Crippen molar-refractivity contribution in [2.75, 3.05) is 11.9 Å². The van der Waals surface area contributed by atoms with E-state index in [1.807, 2.05) is 32.0 Å². The summed E-state index contributed by atoms with van der Waals surface area (Å²) in [5.41, 5.74) is 1.57. The number of benzene rings is 1. The fraction of sp³-hybridized carbons (Fsp3) is 0.333. The molecule has 1 atom stereocenters. The molecule has 1 heterocycles. The molecule has 0 aliphatic carbocycles. The molecule has 0 radical (unpaired) electrons. The lowest BCUT2D eigenvalue weighted by Gasteiger charge is -2.21. The van der Waals surface area contributed by atoms with Crippen molar-refractivity contribution < 1.29 is 15.0 Å². The highest BCUT2D eigenvalue weighted by molar-refractivity contribution is 9.10. The van der Waals surface area contributed by atoms with Crippen molar-refractivity contribution in [3.8, 4) is 0 Å². The van der Waals surface area contributed by atoms with E-state index in [9.17, 15) is 9.90 Å². The number of halogens is 1. The van der Waals surface area contributed by atoms with Crippen LogP contribution in [0, 0.1) is 13.8 Å². The van der Waals surface area contributed by atoms with Crippen molar-refractivity contribution in [3.05, 3.63) is 33.9 Å². The third-order valence-electron chi connectivity index (χ3n) is 3.50. The summed E-state index contributed by atoms with van der Waals surface area (Å²) in [6.45, 7) is 5.00. The molecule has 0 bridgehead atoms. The van der Waals surface area contributed by atoms with E-state index in [0.717, 1.165) is 32.3 Å². The fourth-order valence-corrected chi connectivity index (χ4v) is 2.38. The van der Waals surface area contributed by atoms with Crippen LogP contribution in [0.3, 0.4) is 0 Å². The van der Waals surface area contributed by atoms with E-state index in [-0.39, 0.29) is 6.54 Å². The summed E-state index contributed by atoms with van der Waals surface area (Å²) in [5.74, 6) is -1.26. The lowest BCUT2D eigenvalue weighted by atomic mass is 10.0. The third kappa shape index (κ3) is 3.16. The Kier molecular flexibility index (Phi) is 4.20. The van der Waals surface area contributed by atoms with Crippen molar-refractivity contribution in [3.63, 3.8) is 0 Å². The van der Waals surface area contributed by atoms with E-state index in [1.165, 1.54) is 6.92 Å². The first kappa shape index (κ1) is 15.7. The topological polar surface area (TPSA) is 82.5 Å². The highest BCUT2D eigenvalue weighted by Gasteiger charge is 2.30. The van der Waals surface area contributed by atoms with Gasteiger partial charge in [-0.1, -0.05) is 15.9 Å². The molecule has 0 saturated carbocycles. The van der Waals surface area contributed by atoms with Crippen LogP contribution in [0.4, 0.5) is 5.69 Å². The Balaban J connectivity index is 2.49. The number of nitrogens with zero attached hydrogens (tertiary/aromatic N) is 1. The molecular weight excluding hydrogens is 336 g/mol. The number of carbonyl (C=O) groups is 1. The predicted octanol–water partition coefficient (Wildman–Crippen LogP) is 2.86. The first-order chi connectivity index (χ1) is 9.72. The van der Waals surface area contributed by atoms with Gasteiger partial charge in [0.05, 0.1) is 12.1 Å². The van der Waals surface area contributed by atoms with E-state index < -0.39 is 11.6 Å². The zero-order chi connectivity index (χ0) is 15.8. The van der Waals surface area contributed by atoms with Gasteiger partial charge in [0.15, 0.2) is 5.60 Å². The minimum Gasteiger partial charge on any atom is -0.479 e. The summed E-state index contributed by atoms with van der Waals surface area (Å²) in [6.07, 6.45) is 0. The Morgan fingerprint density at radius 3 is 2.71 bits per heavy atom. The minimum absolute atomic E-state index is 0.0890. The standard InChI is InChI=1S/C15H17BrN2O3/c1-8-9(2)18-12-5-4-10(16)6-11(12)13(8)17-7-15(3,21)14(19)20/h4-6,21H,7H2,1-3H3,(H,17,18)(H,19,20). The fourth-order valence-electron chi connectivity index (χ4n) is 2.02. The number of fused-ring (bicyclic) bond motifs is 1. The van der Waals surface area contributed by atoms with E-state index in [1.54, 1.807) is 0 Å². The van der Waals surface area contributed by atoms with Gasteiger partial charge in [-0.2, -0.15) is 0 Å². The Hall–Kier alpha value is -1.66. The highest BCUT2D eigenvalue weighted by Crippen LogP contribution is 2.30. The van der Waals surface area contributed by atoms with Crippen LogP contribution in [0.1, 0.15) is 18.2 Å². The largest absolute Gasteiger partial charge is 0.479 e. The number of carboxylic acid groups (broad SMARTS) is 1. The number of aryl methyl sites for hydroxylation is 1. The molecule has 0 spiro atoms. The molecule has 3 N–H and O–H groups in total. The monoisotopic (exact) mass is 352 g/mol. The van der Waals surface area contributed by atoms with E-state index in [2.05, 4.69) is 26.2 Å². The Bertz CT molecular complexity index is 714. The van der Waals surface area contributed by atoms with Gasteiger partial charge in [-0.25, -0.2) is 4.79 Å². The molecule has 6 heteroatoms. The molecule has 0 saturated heterocycles. The van der Waals surface area contributed by atoms with Crippen LogP contribution in [0.5, 0.6) is 0 Å². The van der Waals surface area contributed by atoms with Gasteiger partial charge in [-0.3, -0.25) is 4.98 Å². The molecule has 21 heavy (non-hydrogen) atoms. The molecule has 1 aromatic heterocycles. The van der Waals surface area contributed by atoms with Gasteiger partial charge in [0.2, 0.25) is 0 Å². The Morgan fingerprint density at radius 2 is 2.10 bits per heavy atom. The van der Waals surface area contributed by atoms with Crippen LogP contribution < -0.4 is 5.32 Å². The minimum atomic E-state index is -1.83. The van der Waals surface area contributed by atoms with Gasteiger partial charge in [0.25, 0.3) is 0 Å². The van der Waals surface area contributed by atoms with Crippen LogP contribution in [0.15, 0.2) is 22.7 Å². The molecule has 112 valence electrons. The van der Waals surface area contributed by atoms with Gasteiger partial charge in [-0.15, -0.1) is 0 Å². The number of hydrogen-bond acceptors (Lipinski definition) is 4. The van der Waals surface area contributed by atoms with Crippen LogP contribution >= 0.6 is 15.9 Å². The summed E-state index contributed by atoms with van der Waals surface area (Å²) in [6, 6.07) is 5.72. The molecule has 2 aromatic rings. The molecule has 2 rings (SSSR count). The maximum absolute atomic E-state index is 11.0. The first-order valence-electron chi connectivity index (χ1n) is 6.48. The number of rotatable bonds is 4. The molecular formula is C15H17BrN2O3. The van der Waals surface area contributed by atoms with Gasteiger partial charge in [0.1, 0.15) is 0 Å². The van der Waals surface area contributed by atoms with Crippen molar-refractivity contribution in [1.82, 2.24) is 4.98 Å². The maximum Gasteiger partial charge on any atom is 0.337 e. The van der Waals surface area contributed by atoms with Crippen LogP contribution in [0.25, 0.3) is 10.9 Å². The summed E-state index contributed by atoms with van der Waals surface area (Å²) in [7, 11) is 0. The normalized spacial score (nSPS) is 14.0. The number of pyridine rings is 1. The lowest BCUT2D eigenvalue weighted by molar-refractivity contribution is -0.155. The summed E-state index contributed by atoms with van der Waals surface area (Å²) in [4.78, 5) is 15.5. The number of nitrogens with one attached hydrogen (secondary N) is 1. The second-order valence-electron chi connectivity index (χ2n) is 5.29. The number of aliphatic carboxylic acids is 1. The van der Waals surface area contributed by atoms with Crippen molar-refractivity contribution >= 4 is 38.5 Å². The molecule has 0 amide bonds. The molecule has 0 aliphatic rings. The van der Waals surface area contributed by atoms with Crippen molar-refractivity contribution in [2.24, 2.45) is 0 Å². The quantitative estimate of drug-likeness (QED) is 0.787.